The van der Waals surface area contributed by atoms with Gasteiger partial charge in [-0.15, -0.1) is 22.7 Å². The molecule has 3 heterocycles. The molecule has 0 aliphatic rings. The number of fused-ring (bicyclic) bond motifs is 1. The first kappa shape index (κ1) is 15.7. The minimum Gasteiger partial charge on any atom is -0.481 e. The molecule has 0 amide bonds. The van der Waals surface area contributed by atoms with Crippen LogP contribution in [0.25, 0.3) is 32.6 Å². The smallest absolute Gasteiger partial charge is 0.307 e. The van der Waals surface area contributed by atoms with Crippen LogP contribution in [0.3, 0.4) is 0 Å². The molecule has 0 atom stereocenters. The molecule has 0 spiro atoms. The molecule has 1 aromatic carbocycles. The second-order valence-electron chi connectivity index (χ2n) is 5.27. The number of thiazole rings is 2. The highest BCUT2D eigenvalue weighted by atomic mass is 32.1. The number of aliphatic carboxylic acids is 1. The van der Waals surface area contributed by atoms with Gasteiger partial charge in [0.05, 0.1) is 22.9 Å². The molecule has 4 rings (SSSR count). The van der Waals surface area contributed by atoms with Gasteiger partial charge in [-0.2, -0.15) is 0 Å². The number of carboxylic acids is 1. The minimum atomic E-state index is -0.888. The zero-order valence-corrected chi connectivity index (χ0v) is 14.5. The van der Waals surface area contributed by atoms with Crippen molar-refractivity contribution in [2.75, 3.05) is 0 Å². The third kappa shape index (κ3) is 3.38. The van der Waals surface area contributed by atoms with Crippen LogP contribution in [0.4, 0.5) is 0 Å². The van der Waals surface area contributed by atoms with Crippen LogP contribution in [-0.4, -0.2) is 21.0 Å². The monoisotopic (exact) mass is 368 g/mol. The van der Waals surface area contributed by atoms with Crippen molar-refractivity contribution in [3.05, 3.63) is 58.7 Å². The standard InChI is InChI=1S/C18H12N2O3S2/c21-16(22)9-11(17-20-13-4-1-2-6-15(13)25-17)8-12-10-19-18(24-12)14-5-3-7-23-14/h1-8,10H,9H2,(H,21,22). The van der Waals surface area contributed by atoms with E-state index in [0.717, 1.165) is 25.1 Å². The Kier molecular flexibility index (Phi) is 4.17. The van der Waals surface area contributed by atoms with Crippen molar-refractivity contribution in [2.24, 2.45) is 0 Å². The van der Waals surface area contributed by atoms with E-state index >= 15 is 0 Å². The number of para-hydroxylation sites is 1. The Bertz CT molecular complexity index is 1030. The number of hydrogen-bond donors (Lipinski definition) is 1. The second-order valence-corrected chi connectivity index (χ2v) is 7.36. The Balaban J connectivity index is 1.73. The molecule has 1 N–H and O–H groups in total. The molecule has 0 radical (unpaired) electrons. The molecule has 5 nitrogen and oxygen atoms in total. The number of furan rings is 1. The predicted molar refractivity (Wildman–Crippen MR) is 99.6 cm³/mol. The fraction of sp³-hybridized carbons (Fsp3) is 0.0556. The normalized spacial score (nSPS) is 11.9. The van der Waals surface area contributed by atoms with Gasteiger partial charge in [0.2, 0.25) is 0 Å². The summed E-state index contributed by atoms with van der Waals surface area (Å²) in [5, 5.41) is 10.7. The van der Waals surface area contributed by atoms with Gasteiger partial charge >= 0.3 is 5.97 Å². The van der Waals surface area contributed by atoms with Gasteiger partial charge in [-0.1, -0.05) is 12.1 Å². The van der Waals surface area contributed by atoms with Gasteiger partial charge in [0, 0.05) is 16.6 Å². The maximum atomic E-state index is 11.3. The fourth-order valence-corrected chi connectivity index (χ4v) is 4.23. The quantitative estimate of drug-likeness (QED) is 0.535. The lowest BCUT2D eigenvalue weighted by Crippen LogP contribution is -1.96. The highest BCUT2D eigenvalue weighted by molar-refractivity contribution is 7.19. The van der Waals surface area contributed by atoms with Gasteiger partial charge in [-0.25, -0.2) is 9.97 Å². The Morgan fingerprint density at radius 3 is 2.84 bits per heavy atom. The van der Waals surface area contributed by atoms with Gasteiger partial charge in [-0.3, -0.25) is 4.79 Å². The Labute approximate surface area is 150 Å². The summed E-state index contributed by atoms with van der Waals surface area (Å²) in [4.78, 5) is 21.1. The minimum absolute atomic E-state index is 0.0895. The van der Waals surface area contributed by atoms with Crippen LogP contribution < -0.4 is 0 Å². The summed E-state index contributed by atoms with van der Waals surface area (Å²) in [6.45, 7) is 0. The molecule has 0 unspecified atom stereocenters. The molecule has 0 aliphatic heterocycles. The molecule has 0 bridgehead atoms. The van der Waals surface area contributed by atoms with Crippen molar-refractivity contribution < 1.29 is 14.3 Å². The lowest BCUT2D eigenvalue weighted by molar-refractivity contribution is -0.135. The number of aromatic nitrogens is 2. The summed E-state index contributed by atoms with van der Waals surface area (Å²) < 4.78 is 6.39. The highest BCUT2D eigenvalue weighted by Crippen LogP contribution is 2.32. The van der Waals surface area contributed by atoms with E-state index in [2.05, 4.69) is 9.97 Å². The van der Waals surface area contributed by atoms with Gasteiger partial charge in [0.25, 0.3) is 0 Å². The maximum Gasteiger partial charge on any atom is 0.307 e. The molecule has 4 aromatic rings. The third-order valence-electron chi connectivity index (χ3n) is 3.48. The number of hydrogen-bond acceptors (Lipinski definition) is 6. The van der Waals surface area contributed by atoms with E-state index in [4.69, 9.17) is 4.42 Å². The van der Waals surface area contributed by atoms with E-state index in [0.29, 0.717) is 11.3 Å². The van der Waals surface area contributed by atoms with Gasteiger partial charge in [-0.05, 0) is 30.3 Å². The zero-order valence-electron chi connectivity index (χ0n) is 12.9. The number of nitrogens with zero attached hydrogens (tertiary/aromatic N) is 2. The Hall–Kier alpha value is -2.77. The lowest BCUT2D eigenvalue weighted by atomic mass is 10.2. The Morgan fingerprint density at radius 1 is 1.20 bits per heavy atom. The van der Waals surface area contributed by atoms with Crippen molar-refractivity contribution in [3.63, 3.8) is 0 Å². The molecule has 25 heavy (non-hydrogen) atoms. The summed E-state index contributed by atoms with van der Waals surface area (Å²) in [5.74, 6) is -0.189. The van der Waals surface area contributed by atoms with Gasteiger partial charge in [0.15, 0.2) is 10.8 Å². The predicted octanol–water partition coefficient (Wildman–Crippen LogP) is 5.03. The van der Waals surface area contributed by atoms with Crippen LogP contribution in [0.15, 0.2) is 53.3 Å². The summed E-state index contributed by atoms with van der Waals surface area (Å²) >= 11 is 2.94. The fourth-order valence-electron chi connectivity index (χ4n) is 2.40. The van der Waals surface area contributed by atoms with Crippen LogP contribution >= 0.6 is 22.7 Å². The molecule has 124 valence electrons. The molecule has 7 heteroatoms. The van der Waals surface area contributed by atoms with Crippen molar-refractivity contribution in [1.82, 2.24) is 9.97 Å². The summed E-state index contributed by atoms with van der Waals surface area (Å²) in [6.07, 6.45) is 5.07. The van der Waals surface area contributed by atoms with E-state index in [1.165, 1.54) is 22.7 Å². The molecule has 0 fully saturated rings. The highest BCUT2D eigenvalue weighted by Gasteiger charge is 2.14. The van der Waals surface area contributed by atoms with Crippen LogP contribution in [-0.2, 0) is 4.79 Å². The Morgan fingerprint density at radius 2 is 2.08 bits per heavy atom. The first-order valence-corrected chi connectivity index (χ1v) is 9.10. The van der Waals surface area contributed by atoms with Crippen molar-refractivity contribution in [1.29, 1.82) is 0 Å². The SMILES string of the molecule is O=C(O)CC(=Cc1cnc(-c2ccco2)s1)c1nc2ccccc2s1. The average molecular weight is 368 g/mol. The molecule has 0 aliphatic carbocycles. The summed E-state index contributed by atoms with van der Waals surface area (Å²) in [6, 6.07) is 11.4. The second kappa shape index (κ2) is 6.62. The van der Waals surface area contributed by atoms with Crippen LogP contribution in [0, 0.1) is 0 Å². The van der Waals surface area contributed by atoms with E-state index in [1.54, 1.807) is 12.5 Å². The zero-order chi connectivity index (χ0) is 17.2. The molecular weight excluding hydrogens is 356 g/mol. The topological polar surface area (TPSA) is 76.2 Å². The van der Waals surface area contributed by atoms with E-state index in [-0.39, 0.29) is 6.42 Å². The number of benzene rings is 1. The lowest BCUT2D eigenvalue weighted by Gasteiger charge is -1.99. The van der Waals surface area contributed by atoms with Crippen LogP contribution in [0.5, 0.6) is 0 Å². The van der Waals surface area contributed by atoms with Crippen molar-refractivity contribution >= 4 is 50.5 Å². The van der Waals surface area contributed by atoms with Gasteiger partial charge in [0.1, 0.15) is 5.01 Å². The average Bonchev–Trinajstić information content (AvgIpc) is 3.33. The van der Waals surface area contributed by atoms with E-state index < -0.39 is 5.97 Å². The van der Waals surface area contributed by atoms with E-state index in [9.17, 15) is 9.90 Å². The maximum absolute atomic E-state index is 11.3. The number of carboxylic acid groups (broad SMARTS) is 1. The first-order chi connectivity index (χ1) is 12.2. The van der Waals surface area contributed by atoms with Crippen LogP contribution in [0.1, 0.15) is 16.3 Å². The first-order valence-electron chi connectivity index (χ1n) is 7.47. The molecule has 0 saturated carbocycles. The van der Waals surface area contributed by atoms with Crippen molar-refractivity contribution in [3.8, 4) is 10.8 Å². The molecule has 0 saturated heterocycles. The molecule has 3 aromatic heterocycles. The largest absolute Gasteiger partial charge is 0.481 e. The van der Waals surface area contributed by atoms with E-state index in [1.807, 2.05) is 42.5 Å². The van der Waals surface area contributed by atoms with Crippen LogP contribution in [0.2, 0.25) is 0 Å². The molecular formula is C18H12N2O3S2. The summed E-state index contributed by atoms with van der Waals surface area (Å²) in [7, 11) is 0. The van der Waals surface area contributed by atoms with Crippen molar-refractivity contribution in [2.45, 2.75) is 6.42 Å². The summed E-state index contributed by atoms with van der Waals surface area (Å²) in [5.41, 5.74) is 1.54. The van der Waals surface area contributed by atoms with Gasteiger partial charge < -0.3 is 9.52 Å². The number of carbonyl (C=O) groups is 1. The third-order valence-corrected chi connectivity index (χ3v) is 5.55. The number of rotatable bonds is 5.